The zero-order chi connectivity index (χ0) is 41.6. The van der Waals surface area contributed by atoms with E-state index in [0.29, 0.717) is 0 Å². The second kappa shape index (κ2) is 12.9. The van der Waals surface area contributed by atoms with Crippen LogP contribution in [0.15, 0.2) is 194 Å². The zero-order valence-electron chi connectivity index (χ0n) is 35.3. The number of fused-ring (bicyclic) bond motifs is 10. The maximum absolute atomic E-state index is 2.53. The number of hydrogen-bond acceptors (Lipinski definition) is 0. The lowest BCUT2D eigenvalue weighted by atomic mass is 9.78. The van der Waals surface area contributed by atoms with E-state index in [4.69, 9.17) is 0 Å². The molecule has 4 aliphatic carbocycles. The zero-order valence-corrected chi connectivity index (χ0v) is 35.3. The molecule has 0 aliphatic heterocycles. The van der Waals surface area contributed by atoms with E-state index in [9.17, 15) is 0 Å². The van der Waals surface area contributed by atoms with Gasteiger partial charge in [-0.3, -0.25) is 0 Å². The first-order chi connectivity index (χ1) is 31.8. The van der Waals surface area contributed by atoms with E-state index < -0.39 is 0 Å². The summed E-state index contributed by atoms with van der Waals surface area (Å²) in [5, 5.41) is 14.2. The summed E-state index contributed by atoms with van der Waals surface area (Å²) < 4.78 is 0. The molecule has 0 atom stereocenters. The highest BCUT2D eigenvalue weighted by molar-refractivity contribution is 6.23. The molecule has 0 nitrogen and oxygen atoms in total. The average Bonchev–Trinajstić information content (AvgIpc) is 3.88. The number of aryl methyl sites for hydroxylation is 2. The van der Waals surface area contributed by atoms with Crippen LogP contribution in [0.1, 0.15) is 35.1 Å². The minimum absolute atomic E-state index is 1.02. The fourth-order valence-electron chi connectivity index (χ4n) is 13.1. The minimum atomic E-state index is 1.02. The van der Waals surface area contributed by atoms with Gasteiger partial charge < -0.3 is 0 Å². The van der Waals surface area contributed by atoms with E-state index in [-0.39, 0.29) is 0 Å². The predicted octanol–water partition coefficient (Wildman–Crippen LogP) is 15.2. The van der Waals surface area contributed by atoms with Gasteiger partial charge in [0.15, 0.2) is 0 Å². The molecule has 0 aromatic heterocycles. The van der Waals surface area contributed by atoms with E-state index in [1.54, 1.807) is 0 Å². The highest BCUT2D eigenvalue weighted by Crippen LogP contribution is 2.56. The average molecular weight is 809 g/mol. The Morgan fingerprint density at radius 3 is 0.844 bits per heavy atom. The fourth-order valence-corrected chi connectivity index (χ4v) is 13.1. The molecule has 15 rings (SSSR count). The van der Waals surface area contributed by atoms with Crippen LogP contribution in [0, 0.1) is 0 Å². The molecule has 0 heterocycles. The SMILES string of the molecule is c1ccc(-c2c3c(c(-c4ccccc4)c4ccccc24)-c2ccc4c5c6c7c(ccc6c6c4c2=C3CC6)-c2c(c(-c3ccccc3)c3ccccc3c2-c2ccccc2)C=7CC5)cc1. The summed E-state index contributed by atoms with van der Waals surface area (Å²) >= 11 is 0. The molecule has 0 radical (unpaired) electrons. The van der Waals surface area contributed by atoms with Crippen molar-refractivity contribution in [2.45, 2.75) is 25.7 Å². The Morgan fingerprint density at radius 2 is 0.516 bits per heavy atom. The Bertz CT molecular complexity index is 3740. The highest BCUT2D eigenvalue weighted by Gasteiger charge is 2.37. The first kappa shape index (κ1) is 34.7. The van der Waals surface area contributed by atoms with Crippen LogP contribution in [0.25, 0.3) is 121 Å². The van der Waals surface area contributed by atoms with E-state index in [1.807, 2.05) is 0 Å². The van der Waals surface area contributed by atoms with Gasteiger partial charge in [0.05, 0.1) is 0 Å². The van der Waals surface area contributed by atoms with Crippen molar-refractivity contribution in [1.29, 1.82) is 0 Å². The van der Waals surface area contributed by atoms with Crippen molar-refractivity contribution >= 4 is 54.2 Å². The molecule has 0 N–H and O–H groups in total. The second-order valence-corrected chi connectivity index (χ2v) is 18.3. The van der Waals surface area contributed by atoms with Crippen molar-refractivity contribution in [3.05, 3.63) is 227 Å². The Morgan fingerprint density at radius 1 is 0.219 bits per heavy atom. The summed E-state index contributed by atoms with van der Waals surface area (Å²) in [7, 11) is 0. The van der Waals surface area contributed by atoms with Crippen LogP contribution < -0.4 is 10.4 Å². The summed E-state index contributed by atoms with van der Waals surface area (Å²) in [6.45, 7) is 0. The molecule has 0 amide bonds. The molecular weight excluding hydrogens is 769 g/mol. The van der Waals surface area contributed by atoms with Crippen LogP contribution in [0.3, 0.4) is 0 Å². The first-order valence-electron chi connectivity index (χ1n) is 23.0. The van der Waals surface area contributed by atoms with E-state index >= 15 is 0 Å². The lowest BCUT2D eigenvalue weighted by molar-refractivity contribution is 1.00. The Labute approximate surface area is 371 Å². The van der Waals surface area contributed by atoms with Gasteiger partial charge in [-0.05, 0) is 179 Å². The molecule has 11 aromatic rings. The Balaban J connectivity index is 1.09. The van der Waals surface area contributed by atoms with Crippen LogP contribution >= 0.6 is 0 Å². The topological polar surface area (TPSA) is 0 Å². The van der Waals surface area contributed by atoms with Gasteiger partial charge in [0.1, 0.15) is 0 Å². The standard InChI is InChI=1S/C64H40/c1-5-17-37(18-6-1)53-41-25-13-14-26-42(41)54(38-19-7-2-8-20-38)62-50-34-30-46-48-32-36-52-60-51(35-31-47(58(48)60)45-29-33-49(61(53)62)59(50)57(45)46)63-55(39-21-9-3-10-22-39)43-27-15-16-28-44(43)56(64(52)63)40-23-11-4-12-24-40/h1-29,32-33,36H,30-31,34-35H2. The van der Waals surface area contributed by atoms with Gasteiger partial charge in [0.25, 0.3) is 0 Å². The largest absolute Gasteiger partial charge is 0.0622 e. The quantitative estimate of drug-likeness (QED) is 0.155. The maximum atomic E-state index is 2.53. The molecule has 0 heteroatoms. The fraction of sp³-hybridized carbons (Fsp3) is 0.0625. The number of hydrogen-bond donors (Lipinski definition) is 0. The van der Waals surface area contributed by atoms with Gasteiger partial charge in [-0.2, -0.15) is 0 Å². The molecule has 64 heavy (non-hydrogen) atoms. The van der Waals surface area contributed by atoms with Crippen LogP contribution in [0.5, 0.6) is 0 Å². The van der Waals surface area contributed by atoms with Crippen molar-refractivity contribution < 1.29 is 0 Å². The molecule has 0 bridgehead atoms. The van der Waals surface area contributed by atoms with Crippen molar-refractivity contribution in [3.63, 3.8) is 0 Å². The maximum Gasteiger partial charge on any atom is -0.00108 e. The Hall–Kier alpha value is -7.80. The highest BCUT2D eigenvalue weighted by atomic mass is 14.4. The minimum Gasteiger partial charge on any atom is -0.0622 e. The number of rotatable bonds is 4. The van der Waals surface area contributed by atoms with Crippen molar-refractivity contribution in [1.82, 2.24) is 0 Å². The summed E-state index contributed by atoms with van der Waals surface area (Å²) in [6.07, 6.45) is 4.08. The molecule has 11 aromatic carbocycles. The van der Waals surface area contributed by atoms with Crippen LogP contribution in [0.4, 0.5) is 0 Å². The van der Waals surface area contributed by atoms with Gasteiger partial charge in [0.2, 0.25) is 0 Å². The molecule has 0 spiro atoms. The van der Waals surface area contributed by atoms with E-state index in [2.05, 4.69) is 194 Å². The van der Waals surface area contributed by atoms with Gasteiger partial charge in [-0.1, -0.05) is 194 Å². The van der Waals surface area contributed by atoms with Crippen molar-refractivity contribution in [3.8, 4) is 66.8 Å². The summed E-state index contributed by atoms with van der Waals surface area (Å²) in [4.78, 5) is 0. The summed E-state index contributed by atoms with van der Waals surface area (Å²) in [5.74, 6) is 0. The normalized spacial score (nSPS) is 13.9. The third kappa shape index (κ3) is 4.42. The molecule has 4 aliphatic rings. The van der Waals surface area contributed by atoms with Gasteiger partial charge in [-0.25, -0.2) is 0 Å². The van der Waals surface area contributed by atoms with Gasteiger partial charge in [-0.15, -0.1) is 0 Å². The van der Waals surface area contributed by atoms with Crippen molar-refractivity contribution in [2.75, 3.05) is 0 Å². The molecule has 0 saturated carbocycles. The molecular formula is C64H40. The van der Waals surface area contributed by atoms with Crippen molar-refractivity contribution in [2.24, 2.45) is 0 Å². The predicted molar refractivity (Wildman–Crippen MR) is 270 cm³/mol. The number of benzene rings is 11. The van der Waals surface area contributed by atoms with Gasteiger partial charge >= 0.3 is 0 Å². The molecule has 296 valence electrons. The van der Waals surface area contributed by atoms with Crippen LogP contribution in [0.2, 0.25) is 0 Å². The second-order valence-electron chi connectivity index (χ2n) is 18.3. The Kier molecular flexibility index (Phi) is 6.99. The van der Waals surface area contributed by atoms with Gasteiger partial charge in [0, 0.05) is 0 Å². The third-order valence-corrected chi connectivity index (χ3v) is 15.3. The van der Waals surface area contributed by atoms with E-state index in [1.165, 1.54) is 154 Å². The van der Waals surface area contributed by atoms with Crippen LogP contribution in [-0.4, -0.2) is 0 Å². The lowest BCUT2D eigenvalue weighted by Gasteiger charge is -2.25. The summed E-state index contributed by atoms with van der Waals surface area (Å²) in [6, 6.07) is 73.2. The molecule has 0 unspecified atom stereocenters. The molecule has 0 fully saturated rings. The first-order valence-corrected chi connectivity index (χ1v) is 23.0. The third-order valence-electron chi connectivity index (χ3n) is 15.3. The summed E-state index contributed by atoms with van der Waals surface area (Å²) in [5.41, 5.74) is 25.2. The van der Waals surface area contributed by atoms with Crippen LogP contribution in [-0.2, 0) is 12.8 Å². The molecule has 0 saturated heterocycles. The monoisotopic (exact) mass is 808 g/mol. The smallest absolute Gasteiger partial charge is 0.00108 e. The lowest BCUT2D eigenvalue weighted by Crippen LogP contribution is -2.20. The van der Waals surface area contributed by atoms with E-state index in [0.717, 1.165) is 25.7 Å².